The monoisotopic (exact) mass is 273 g/mol. The number of phenolic OH excluding ortho intramolecular Hbond substituents is 1. The van der Waals surface area contributed by atoms with Gasteiger partial charge < -0.3 is 15.2 Å². The van der Waals surface area contributed by atoms with Gasteiger partial charge in [0.05, 0.1) is 12.1 Å². The largest absolute Gasteiger partial charge is 0.504 e. The Morgan fingerprint density at radius 2 is 2.33 bits per heavy atom. The SMILES string of the molecule is COc1c(O)cc(F)c(Cl)c1CC1CCCCN1. The number of phenols is 1. The van der Waals surface area contributed by atoms with Crippen molar-refractivity contribution in [2.45, 2.75) is 31.7 Å². The maximum atomic E-state index is 13.5. The van der Waals surface area contributed by atoms with Gasteiger partial charge in [0.1, 0.15) is 5.82 Å². The van der Waals surface area contributed by atoms with Crippen LogP contribution in [-0.4, -0.2) is 24.8 Å². The van der Waals surface area contributed by atoms with Crippen molar-refractivity contribution in [1.82, 2.24) is 5.32 Å². The number of ether oxygens (including phenoxy) is 1. The van der Waals surface area contributed by atoms with E-state index in [0.717, 1.165) is 31.9 Å². The van der Waals surface area contributed by atoms with Gasteiger partial charge in [-0.15, -0.1) is 0 Å². The molecule has 18 heavy (non-hydrogen) atoms. The van der Waals surface area contributed by atoms with Crippen LogP contribution in [0, 0.1) is 5.82 Å². The van der Waals surface area contributed by atoms with Crippen LogP contribution in [0.5, 0.6) is 11.5 Å². The third kappa shape index (κ3) is 2.70. The van der Waals surface area contributed by atoms with Crippen molar-refractivity contribution in [1.29, 1.82) is 0 Å². The maximum Gasteiger partial charge on any atom is 0.165 e. The Kier molecular flexibility index (Phi) is 4.30. The summed E-state index contributed by atoms with van der Waals surface area (Å²) in [4.78, 5) is 0. The van der Waals surface area contributed by atoms with E-state index in [1.807, 2.05) is 0 Å². The number of rotatable bonds is 3. The molecule has 0 radical (unpaired) electrons. The number of methoxy groups -OCH3 is 1. The molecule has 1 heterocycles. The number of hydrogen-bond donors (Lipinski definition) is 2. The molecule has 1 atom stereocenters. The molecule has 2 N–H and O–H groups in total. The Labute approximate surface area is 111 Å². The van der Waals surface area contributed by atoms with E-state index >= 15 is 0 Å². The molecule has 0 amide bonds. The minimum Gasteiger partial charge on any atom is -0.504 e. The van der Waals surface area contributed by atoms with E-state index in [4.69, 9.17) is 16.3 Å². The van der Waals surface area contributed by atoms with Gasteiger partial charge in [-0.05, 0) is 25.8 Å². The van der Waals surface area contributed by atoms with E-state index in [-0.39, 0.29) is 22.6 Å². The summed E-state index contributed by atoms with van der Waals surface area (Å²) in [6.07, 6.45) is 3.90. The predicted octanol–water partition coefficient (Wildman–Crippen LogP) is 2.88. The first kappa shape index (κ1) is 13.4. The third-order valence-electron chi connectivity index (χ3n) is 3.31. The van der Waals surface area contributed by atoms with Crippen molar-refractivity contribution >= 4 is 11.6 Å². The summed E-state index contributed by atoms with van der Waals surface area (Å²) >= 11 is 5.97. The molecule has 5 heteroatoms. The number of nitrogens with one attached hydrogen (secondary N) is 1. The van der Waals surface area contributed by atoms with Crippen LogP contribution in [0.2, 0.25) is 5.02 Å². The van der Waals surface area contributed by atoms with Crippen LogP contribution in [0.1, 0.15) is 24.8 Å². The van der Waals surface area contributed by atoms with E-state index in [9.17, 15) is 9.50 Å². The van der Waals surface area contributed by atoms with Crippen molar-refractivity contribution < 1.29 is 14.2 Å². The fraction of sp³-hybridized carbons (Fsp3) is 0.538. The maximum absolute atomic E-state index is 13.5. The second-order valence-corrected chi connectivity index (χ2v) is 4.93. The molecule has 100 valence electrons. The Morgan fingerprint density at radius 3 is 2.94 bits per heavy atom. The first-order chi connectivity index (χ1) is 8.63. The molecule has 3 nitrogen and oxygen atoms in total. The highest BCUT2D eigenvalue weighted by Crippen LogP contribution is 2.38. The Hall–Kier alpha value is -1.00. The van der Waals surface area contributed by atoms with E-state index in [1.165, 1.54) is 7.11 Å². The number of halogens is 2. The summed E-state index contributed by atoms with van der Waals surface area (Å²) in [5.41, 5.74) is 0.538. The van der Waals surface area contributed by atoms with E-state index in [1.54, 1.807) is 0 Å². The summed E-state index contributed by atoms with van der Waals surface area (Å²) in [6.45, 7) is 0.964. The molecule has 2 rings (SSSR count). The zero-order chi connectivity index (χ0) is 13.1. The lowest BCUT2D eigenvalue weighted by atomic mass is 9.97. The normalized spacial score (nSPS) is 19.8. The molecule has 1 fully saturated rings. The fourth-order valence-electron chi connectivity index (χ4n) is 2.40. The number of benzene rings is 1. The lowest BCUT2D eigenvalue weighted by Gasteiger charge is -2.25. The number of piperidine rings is 1. The van der Waals surface area contributed by atoms with Crippen molar-refractivity contribution in [2.24, 2.45) is 0 Å². The molecule has 1 aromatic carbocycles. The standard InChI is InChI=1S/C13H17ClFNO2/c1-18-13-9(6-8-4-2-3-5-16-8)12(14)10(15)7-11(13)17/h7-8,16-17H,2-6H2,1H3. The van der Waals surface area contributed by atoms with Crippen LogP contribution in [0.25, 0.3) is 0 Å². The summed E-state index contributed by atoms with van der Waals surface area (Å²) in [6, 6.07) is 1.24. The van der Waals surface area contributed by atoms with Gasteiger partial charge in [-0.2, -0.15) is 0 Å². The second-order valence-electron chi connectivity index (χ2n) is 4.55. The second kappa shape index (κ2) is 5.76. The predicted molar refractivity (Wildman–Crippen MR) is 69.0 cm³/mol. The summed E-state index contributed by atoms with van der Waals surface area (Å²) < 4.78 is 18.7. The quantitative estimate of drug-likeness (QED) is 0.890. The van der Waals surface area contributed by atoms with Gasteiger partial charge in [-0.3, -0.25) is 0 Å². The van der Waals surface area contributed by atoms with Crippen molar-refractivity contribution in [3.05, 3.63) is 22.5 Å². The Bertz CT molecular complexity index is 433. The molecule has 1 unspecified atom stereocenters. The van der Waals surface area contributed by atoms with Crippen molar-refractivity contribution in [3.8, 4) is 11.5 Å². The van der Waals surface area contributed by atoms with Crippen LogP contribution in [0.3, 0.4) is 0 Å². The highest BCUT2D eigenvalue weighted by atomic mass is 35.5. The Morgan fingerprint density at radius 1 is 1.56 bits per heavy atom. The van der Waals surface area contributed by atoms with Gasteiger partial charge in [0, 0.05) is 17.7 Å². The van der Waals surface area contributed by atoms with Crippen molar-refractivity contribution in [2.75, 3.05) is 13.7 Å². The molecule has 0 aliphatic carbocycles. The molecule has 1 aromatic rings. The number of hydrogen-bond acceptors (Lipinski definition) is 3. The molecule has 0 bridgehead atoms. The van der Waals surface area contributed by atoms with E-state index < -0.39 is 5.82 Å². The highest BCUT2D eigenvalue weighted by Gasteiger charge is 2.22. The average Bonchev–Trinajstić information content (AvgIpc) is 2.37. The molecule has 1 saturated heterocycles. The first-order valence-electron chi connectivity index (χ1n) is 6.10. The lowest BCUT2D eigenvalue weighted by molar-refractivity contribution is 0.356. The van der Waals surface area contributed by atoms with Crippen LogP contribution in [-0.2, 0) is 6.42 Å². The minimum absolute atomic E-state index is 0.0389. The molecule has 1 aliphatic heterocycles. The Balaban J connectivity index is 2.29. The topological polar surface area (TPSA) is 41.5 Å². The van der Waals surface area contributed by atoms with Crippen LogP contribution in [0.15, 0.2) is 6.07 Å². The van der Waals surface area contributed by atoms with Crippen LogP contribution >= 0.6 is 11.6 Å². The number of aromatic hydroxyl groups is 1. The van der Waals surface area contributed by atoms with E-state index in [2.05, 4.69) is 5.32 Å². The smallest absolute Gasteiger partial charge is 0.165 e. The summed E-state index contributed by atoms with van der Waals surface area (Å²) in [5, 5.41) is 13.1. The fourth-order valence-corrected chi connectivity index (χ4v) is 2.62. The van der Waals surface area contributed by atoms with Crippen LogP contribution in [0.4, 0.5) is 4.39 Å². The average molecular weight is 274 g/mol. The zero-order valence-corrected chi connectivity index (χ0v) is 11.1. The van der Waals surface area contributed by atoms with Gasteiger partial charge in [0.25, 0.3) is 0 Å². The lowest BCUT2D eigenvalue weighted by Crippen LogP contribution is -2.35. The molecular formula is C13H17ClFNO2. The van der Waals surface area contributed by atoms with Gasteiger partial charge in [-0.25, -0.2) is 4.39 Å². The molecule has 0 saturated carbocycles. The summed E-state index contributed by atoms with van der Waals surface area (Å²) in [5.74, 6) is -0.542. The van der Waals surface area contributed by atoms with Gasteiger partial charge in [-0.1, -0.05) is 18.0 Å². The first-order valence-corrected chi connectivity index (χ1v) is 6.48. The molecule has 0 aromatic heterocycles. The molecular weight excluding hydrogens is 257 g/mol. The van der Waals surface area contributed by atoms with Crippen molar-refractivity contribution in [3.63, 3.8) is 0 Å². The molecule has 1 aliphatic rings. The molecule has 0 spiro atoms. The minimum atomic E-state index is -0.610. The van der Waals surface area contributed by atoms with Gasteiger partial charge >= 0.3 is 0 Å². The van der Waals surface area contributed by atoms with Gasteiger partial charge in [0.2, 0.25) is 0 Å². The van der Waals surface area contributed by atoms with E-state index in [0.29, 0.717) is 12.0 Å². The summed E-state index contributed by atoms with van der Waals surface area (Å²) in [7, 11) is 1.45. The highest BCUT2D eigenvalue weighted by molar-refractivity contribution is 6.31. The third-order valence-corrected chi connectivity index (χ3v) is 3.72. The van der Waals surface area contributed by atoms with Crippen LogP contribution < -0.4 is 10.1 Å². The zero-order valence-electron chi connectivity index (χ0n) is 10.3. The van der Waals surface area contributed by atoms with Gasteiger partial charge in [0.15, 0.2) is 11.5 Å².